The molecule has 5 nitrogen and oxygen atoms in total. The zero-order valence-corrected chi connectivity index (χ0v) is 14.0. The van der Waals surface area contributed by atoms with Crippen LogP contribution in [0.1, 0.15) is 52.3 Å². The van der Waals surface area contributed by atoms with Gasteiger partial charge in [0.2, 0.25) is 0 Å². The van der Waals surface area contributed by atoms with E-state index in [4.69, 9.17) is 0 Å². The van der Waals surface area contributed by atoms with E-state index in [-0.39, 0.29) is 17.1 Å². The lowest BCUT2D eigenvalue weighted by atomic mass is 9.92. The molecule has 1 atom stereocenters. The number of hydrogen-bond acceptors (Lipinski definition) is 3. The van der Waals surface area contributed by atoms with Crippen LogP contribution in [0.4, 0.5) is 0 Å². The standard InChI is InChI=1S/C19H22N2O3/c1-13(22)15-10-16(21(2)11-15)18(24)20-12-19(8-9-19)17(23)14-6-4-3-5-7-14/h3-7,10-11,17,23H,8-9,12H2,1-2H3,(H,20,24)/t17-/m1/s1. The van der Waals surface area contributed by atoms with E-state index in [2.05, 4.69) is 5.32 Å². The molecule has 1 aliphatic rings. The number of nitrogens with zero attached hydrogens (tertiary/aromatic N) is 1. The van der Waals surface area contributed by atoms with Gasteiger partial charge in [-0.2, -0.15) is 0 Å². The summed E-state index contributed by atoms with van der Waals surface area (Å²) in [6.07, 6.45) is 2.84. The summed E-state index contributed by atoms with van der Waals surface area (Å²) in [5, 5.41) is 13.5. The van der Waals surface area contributed by atoms with Gasteiger partial charge in [0.25, 0.3) is 5.91 Å². The number of aromatic nitrogens is 1. The first-order chi connectivity index (χ1) is 11.4. The van der Waals surface area contributed by atoms with Crippen molar-refractivity contribution in [2.45, 2.75) is 25.9 Å². The van der Waals surface area contributed by atoms with Gasteiger partial charge in [-0.05, 0) is 31.4 Å². The van der Waals surface area contributed by atoms with Crippen LogP contribution in [-0.4, -0.2) is 27.9 Å². The first kappa shape index (κ1) is 16.5. The highest BCUT2D eigenvalue weighted by Gasteiger charge is 2.49. The fourth-order valence-corrected chi connectivity index (χ4v) is 3.03. The first-order valence-corrected chi connectivity index (χ1v) is 8.11. The highest BCUT2D eigenvalue weighted by Crippen LogP contribution is 2.54. The number of nitrogens with one attached hydrogen (secondary N) is 1. The van der Waals surface area contributed by atoms with Crippen molar-refractivity contribution < 1.29 is 14.7 Å². The van der Waals surface area contributed by atoms with Gasteiger partial charge in [0.15, 0.2) is 5.78 Å². The van der Waals surface area contributed by atoms with Crippen LogP contribution in [0.25, 0.3) is 0 Å². The van der Waals surface area contributed by atoms with Crippen LogP contribution in [0.3, 0.4) is 0 Å². The van der Waals surface area contributed by atoms with Crippen LogP contribution in [0, 0.1) is 5.41 Å². The number of amides is 1. The molecule has 0 unspecified atom stereocenters. The average Bonchev–Trinajstić information content (AvgIpc) is 3.27. The van der Waals surface area contributed by atoms with Crippen molar-refractivity contribution in [3.63, 3.8) is 0 Å². The fourth-order valence-electron chi connectivity index (χ4n) is 3.03. The molecule has 5 heteroatoms. The topological polar surface area (TPSA) is 71.3 Å². The molecule has 1 aromatic carbocycles. The third-order valence-corrected chi connectivity index (χ3v) is 4.83. The van der Waals surface area contributed by atoms with Crippen LogP contribution < -0.4 is 5.32 Å². The lowest BCUT2D eigenvalue weighted by Gasteiger charge is -2.23. The summed E-state index contributed by atoms with van der Waals surface area (Å²) in [5.41, 5.74) is 1.56. The number of carbonyl (C=O) groups excluding carboxylic acids is 2. The van der Waals surface area contributed by atoms with Crippen LogP contribution in [-0.2, 0) is 7.05 Å². The van der Waals surface area contributed by atoms with Gasteiger partial charge in [0.1, 0.15) is 5.69 Å². The molecule has 1 aromatic heterocycles. The molecule has 1 aliphatic carbocycles. The smallest absolute Gasteiger partial charge is 0.267 e. The van der Waals surface area contributed by atoms with Gasteiger partial charge in [0, 0.05) is 30.8 Å². The second-order valence-corrected chi connectivity index (χ2v) is 6.64. The van der Waals surface area contributed by atoms with Crippen molar-refractivity contribution in [3.8, 4) is 0 Å². The monoisotopic (exact) mass is 326 g/mol. The molecule has 1 saturated carbocycles. The second kappa shape index (κ2) is 6.24. The Morgan fingerprint density at radius 1 is 1.29 bits per heavy atom. The van der Waals surface area contributed by atoms with E-state index in [9.17, 15) is 14.7 Å². The second-order valence-electron chi connectivity index (χ2n) is 6.64. The number of hydrogen-bond donors (Lipinski definition) is 2. The highest BCUT2D eigenvalue weighted by atomic mass is 16.3. The number of aliphatic hydroxyl groups is 1. The van der Waals surface area contributed by atoms with Crippen molar-refractivity contribution in [3.05, 3.63) is 59.4 Å². The van der Waals surface area contributed by atoms with Gasteiger partial charge < -0.3 is 15.0 Å². The summed E-state index contributed by atoms with van der Waals surface area (Å²) in [7, 11) is 1.74. The summed E-state index contributed by atoms with van der Waals surface area (Å²) in [6.45, 7) is 1.90. The Kier molecular flexibility index (Phi) is 4.28. The molecule has 0 aliphatic heterocycles. The predicted octanol–water partition coefficient (Wildman–Crippen LogP) is 2.47. The molecule has 2 N–H and O–H groups in total. The van der Waals surface area contributed by atoms with Crippen LogP contribution in [0.5, 0.6) is 0 Å². The summed E-state index contributed by atoms with van der Waals surface area (Å²) in [6, 6.07) is 11.1. The summed E-state index contributed by atoms with van der Waals surface area (Å²) in [4.78, 5) is 23.8. The molecule has 24 heavy (non-hydrogen) atoms. The van der Waals surface area contributed by atoms with Gasteiger partial charge in [0.05, 0.1) is 6.10 Å². The Morgan fingerprint density at radius 2 is 1.96 bits per heavy atom. The molecule has 126 valence electrons. The maximum absolute atomic E-state index is 12.4. The Morgan fingerprint density at radius 3 is 2.50 bits per heavy atom. The van der Waals surface area contributed by atoms with Gasteiger partial charge in [-0.3, -0.25) is 9.59 Å². The molecule has 0 saturated heterocycles. The molecule has 1 heterocycles. The van der Waals surface area contributed by atoms with Crippen molar-refractivity contribution in [2.75, 3.05) is 6.54 Å². The molecule has 0 spiro atoms. The Labute approximate surface area is 141 Å². The third kappa shape index (κ3) is 3.12. The van der Waals surface area contributed by atoms with E-state index in [1.807, 2.05) is 30.3 Å². The summed E-state index contributed by atoms with van der Waals surface area (Å²) >= 11 is 0. The maximum Gasteiger partial charge on any atom is 0.267 e. The van der Waals surface area contributed by atoms with Gasteiger partial charge in [-0.25, -0.2) is 0 Å². The number of aryl methyl sites for hydroxylation is 1. The van der Waals surface area contributed by atoms with Crippen LogP contribution in [0.2, 0.25) is 0 Å². The fraction of sp³-hybridized carbons (Fsp3) is 0.368. The van der Waals surface area contributed by atoms with Gasteiger partial charge in [-0.1, -0.05) is 30.3 Å². The molecule has 0 radical (unpaired) electrons. The van der Waals surface area contributed by atoms with E-state index < -0.39 is 6.10 Å². The summed E-state index contributed by atoms with van der Waals surface area (Å²) in [5.74, 6) is -0.292. The lowest BCUT2D eigenvalue weighted by Crippen LogP contribution is -2.34. The molecule has 1 fully saturated rings. The van der Waals surface area contributed by atoms with Crippen molar-refractivity contribution in [1.82, 2.24) is 9.88 Å². The SMILES string of the molecule is CC(=O)c1cc(C(=O)NCC2([C@H](O)c3ccccc3)CC2)n(C)c1. The Bertz CT molecular complexity index is 760. The number of benzene rings is 1. The van der Waals surface area contributed by atoms with Crippen LogP contribution >= 0.6 is 0 Å². The minimum atomic E-state index is -0.583. The number of rotatable bonds is 6. The summed E-state index contributed by atoms with van der Waals surface area (Å²) < 4.78 is 1.65. The van der Waals surface area contributed by atoms with E-state index in [1.165, 1.54) is 6.92 Å². The molecule has 0 bridgehead atoms. The van der Waals surface area contributed by atoms with Crippen molar-refractivity contribution in [2.24, 2.45) is 12.5 Å². The third-order valence-electron chi connectivity index (χ3n) is 4.83. The quantitative estimate of drug-likeness (QED) is 0.801. The van der Waals surface area contributed by atoms with Crippen molar-refractivity contribution >= 4 is 11.7 Å². The van der Waals surface area contributed by atoms with Gasteiger partial charge in [-0.15, -0.1) is 0 Å². The Balaban J connectivity index is 1.67. The predicted molar refractivity (Wildman–Crippen MR) is 90.8 cm³/mol. The molecule has 1 amide bonds. The van der Waals surface area contributed by atoms with E-state index in [0.717, 1.165) is 18.4 Å². The van der Waals surface area contributed by atoms with Crippen LogP contribution in [0.15, 0.2) is 42.6 Å². The lowest BCUT2D eigenvalue weighted by molar-refractivity contribution is 0.0803. The molecule has 2 aromatic rings. The minimum Gasteiger partial charge on any atom is -0.388 e. The zero-order valence-electron chi connectivity index (χ0n) is 14.0. The van der Waals surface area contributed by atoms with E-state index in [1.54, 1.807) is 23.9 Å². The highest BCUT2D eigenvalue weighted by molar-refractivity contribution is 5.99. The molecular formula is C19H22N2O3. The van der Waals surface area contributed by atoms with E-state index >= 15 is 0 Å². The Hall–Kier alpha value is -2.40. The number of aliphatic hydroxyl groups excluding tert-OH is 1. The number of ketones is 1. The number of carbonyl (C=O) groups is 2. The zero-order chi connectivity index (χ0) is 17.3. The average molecular weight is 326 g/mol. The molecule has 3 rings (SSSR count). The molecular weight excluding hydrogens is 304 g/mol. The number of Topliss-reactive ketones (excluding diaryl/α,β-unsaturated/α-hetero) is 1. The largest absolute Gasteiger partial charge is 0.388 e. The first-order valence-electron chi connectivity index (χ1n) is 8.11. The normalized spacial score (nSPS) is 16.5. The van der Waals surface area contributed by atoms with E-state index in [0.29, 0.717) is 17.8 Å². The van der Waals surface area contributed by atoms with Crippen molar-refractivity contribution in [1.29, 1.82) is 0 Å². The van der Waals surface area contributed by atoms with Gasteiger partial charge >= 0.3 is 0 Å². The minimum absolute atomic E-state index is 0.0668. The maximum atomic E-state index is 12.4.